The number of hydrogen-bond donors (Lipinski definition) is 1. The number of hydrogen-bond acceptors (Lipinski definition) is 2. The van der Waals surface area contributed by atoms with Gasteiger partial charge in [-0.2, -0.15) is 0 Å². The topological polar surface area (TPSA) is 37.3 Å². The molecular formula is C9H8F2O2. The van der Waals surface area contributed by atoms with Gasteiger partial charge in [0.05, 0.1) is 6.10 Å². The van der Waals surface area contributed by atoms with Gasteiger partial charge in [-0.25, -0.2) is 8.78 Å². The molecule has 1 N–H and O–H groups in total. The van der Waals surface area contributed by atoms with Crippen LogP contribution in [0.25, 0.3) is 0 Å². The Hall–Kier alpha value is -1.29. The van der Waals surface area contributed by atoms with Gasteiger partial charge in [0, 0.05) is 5.56 Å². The third kappa shape index (κ3) is 1.89. The van der Waals surface area contributed by atoms with Crippen molar-refractivity contribution in [1.82, 2.24) is 0 Å². The van der Waals surface area contributed by atoms with E-state index in [0.29, 0.717) is 6.29 Å². The molecule has 0 saturated carbocycles. The van der Waals surface area contributed by atoms with E-state index in [2.05, 4.69) is 0 Å². The summed E-state index contributed by atoms with van der Waals surface area (Å²) < 4.78 is 25.2. The van der Waals surface area contributed by atoms with Crippen LogP contribution in [0.4, 0.5) is 8.78 Å². The number of carbonyl (C=O) groups is 1. The SMILES string of the molecule is CC(O)c1cc(F)c(F)cc1C=O. The molecule has 0 saturated heterocycles. The molecule has 0 aliphatic carbocycles. The Morgan fingerprint density at radius 3 is 2.38 bits per heavy atom. The summed E-state index contributed by atoms with van der Waals surface area (Å²) in [7, 11) is 0. The average molecular weight is 186 g/mol. The van der Waals surface area contributed by atoms with Gasteiger partial charge in [0.15, 0.2) is 17.9 Å². The van der Waals surface area contributed by atoms with Gasteiger partial charge in [-0.1, -0.05) is 0 Å². The third-order valence-corrected chi connectivity index (χ3v) is 1.70. The molecule has 70 valence electrons. The van der Waals surface area contributed by atoms with Gasteiger partial charge in [0.2, 0.25) is 0 Å². The van der Waals surface area contributed by atoms with Crippen molar-refractivity contribution in [1.29, 1.82) is 0 Å². The Labute approximate surface area is 73.8 Å². The summed E-state index contributed by atoms with van der Waals surface area (Å²) in [5.41, 5.74) is 0.0581. The zero-order chi connectivity index (χ0) is 10.0. The smallest absolute Gasteiger partial charge is 0.159 e. The van der Waals surface area contributed by atoms with Crippen LogP contribution in [-0.2, 0) is 0 Å². The maximum Gasteiger partial charge on any atom is 0.159 e. The van der Waals surface area contributed by atoms with Crippen molar-refractivity contribution in [3.63, 3.8) is 0 Å². The summed E-state index contributed by atoms with van der Waals surface area (Å²) in [5, 5.41) is 9.10. The maximum atomic E-state index is 12.7. The molecule has 0 radical (unpaired) electrons. The van der Waals surface area contributed by atoms with E-state index in [1.807, 2.05) is 0 Å². The van der Waals surface area contributed by atoms with E-state index in [0.717, 1.165) is 12.1 Å². The first-order chi connectivity index (χ1) is 6.06. The second-order valence-corrected chi connectivity index (χ2v) is 2.69. The summed E-state index contributed by atoms with van der Waals surface area (Å²) in [6.45, 7) is 1.37. The lowest BCUT2D eigenvalue weighted by Gasteiger charge is -2.07. The molecule has 13 heavy (non-hydrogen) atoms. The normalized spacial score (nSPS) is 12.6. The van der Waals surface area contributed by atoms with Crippen LogP contribution in [0.15, 0.2) is 12.1 Å². The van der Waals surface area contributed by atoms with Crippen molar-refractivity contribution in [3.05, 3.63) is 34.9 Å². The lowest BCUT2D eigenvalue weighted by Crippen LogP contribution is -2.00. The minimum atomic E-state index is -1.09. The largest absolute Gasteiger partial charge is 0.389 e. The summed E-state index contributed by atoms with van der Waals surface area (Å²) in [6, 6.07) is 1.59. The minimum absolute atomic E-state index is 0.0334. The molecule has 0 aliphatic heterocycles. The molecule has 1 atom stereocenters. The number of aliphatic hydroxyl groups is 1. The van der Waals surface area contributed by atoms with E-state index in [1.54, 1.807) is 0 Å². The Bertz CT molecular complexity index is 335. The van der Waals surface area contributed by atoms with Crippen molar-refractivity contribution in [2.24, 2.45) is 0 Å². The summed E-state index contributed by atoms with van der Waals surface area (Å²) >= 11 is 0. The first kappa shape index (κ1) is 9.80. The van der Waals surface area contributed by atoms with E-state index in [4.69, 9.17) is 5.11 Å². The third-order valence-electron chi connectivity index (χ3n) is 1.70. The van der Waals surface area contributed by atoms with Crippen LogP contribution in [0.1, 0.15) is 28.9 Å². The fraction of sp³-hybridized carbons (Fsp3) is 0.222. The standard InChI is InChI=1S/C9H8F2O2/c1-5(13)7-3-9(11)8(10)2-6(7)4-12/h2-5,13H,1H3. The van der Waals surface area contributed by atoms with Crippen molar-refractivity contribution in [2.75, 3.05) is 0 Å². The van der Waals surface area contributed by atoms with Crippen molar-refractivity contribution in [2.45, 2.75) is 13.0 Å². The van der Waals surface area contributed by atoms with Gasteiger partial charge < -0.3 is 5.11 Å². The Morgan fingerprint density at radius 2 is 1.92 bits per heavy atom. The molecule has 0 fully saturated rings. The molecular weight excluding hydrogens is 178 g/mol. The van der Waals surface area contributed by atoms with E-state index in [1.165, 1.54) is 6.92 Å². The van der Waals surface area contributed by atoms with Gasteiger partial charge >= 0.3 is 0 Å². The molecule has 2 nitrogen and oxygen atoms in total. The molecule has 4 heteroatoms. The molecule has 1 aromatic rings. The number of halogens is 2. The average Bonchev–Trinajstić information content (AvgIpc) is 2.08. The van der Waals surface area contributed by atoms with E-state index in [9.17, 15) is 13.6 Å². The zero-order valence-corrected chi connectivity index (χ0v) is 6.92. The van der Waals surface area contributed by atoms with Crippen LogP contribution in [0.5, 0.6) is 0 Å². The number of aliphatic hydroxyl groups excluding tert-OH is 1. The number of aldehydes is 1. The number of benzene rings is 1. The molecule has 0 aliphatic rings. The fourth-order valence-corrected chi connectivity index (χ4v) is 1.04. The molecule has 1 aromatic carbocycles. The first-order valence-electron chi connectivity index (χ1n) is 3.68. The van der Waals surface area contributed by atoms with Gasteiger partial charge in [-0.15, -0.1) is 0 Å². The summed E-state index contributed by atoms with van der Waals surface area (Å²) in [5.74, 6) is -2.16. The van der Waals surface area contributed by atoms with Gasteiger partial charge in [0.25, 0.3) is 0 Å². The van der Waals surface area contributed by atoms with E-state index >= 15 is 0 Å². The molecule has 0 aromatic heterocycles. The van der Waals surface area contributed by atoms with Crippen LogP contribution < -0.4 is 0 Å². The predicted octanol–water partition coefficient (Wildman–Crippen LogP) is 1.83. The van der Waals surface area contributed by atoms with Gasteiger partial charge in [-0.05, 0) is 24.6 Å². The number of rotatable bonds is 2. The molecule has 1 rings (SSSR count). The van der Waals surface area contributed by atoms with Crippen LogP contribution in [0, 0.1) is 11.6 Å². The van der Waals surface area contributed by atoms with Crippen LogP contribution in [0.3, 0.4) is 0 Å². The highest BCUT2D eigenvalue weighted by Gasteiger charge is 2.12. The molecule has 0 bridgehead atoms. The van der Waals surface area contributed by atoms with E-state index in [-0.39, 0.29) is 11.1 Å². The lowest BCUT2D eigenvalue weighted by atomic mass is 10.0. The Balaban J connectivity index is 3.32. The number of carbonyl (C=O) groups excluding carboxylic acids is 1. The van der Waals surface area contributed by atoms with Gasteiger partial charge in [0.1, 0.15) is 0 Å². The molecule has 0 heterocycles. The summed E-state index contributed by atoms with van der Waals surface area (Å²) in [4.78, 5) is 10.4. The second-order valence-electron chi connectivity index (χ2n) is 2.69. The van der Waals surface area contributed by atoms with Gasteiger partial charge in [-0.3, -0.25) is 4.79 Å². The highest BCUT2D eigenvalue weighted by atomic mass is 19.2. The molecule has 0 spiro atoms. The van der Waals surface area contributed by atoms with Crippen LogP contribution >= 0.6 is 0 Å². The first-order valence-corrected chi connectivity index (χ1v) is 3.68. The van der Waals surface area contributed by atoms with Crippen LogP contribution in [0.2, 0.25) is 0 Å². The predicted molar refractivity (Wildman–Crippen MR) is 42.4 cm³/mol. The highest BCUT2D eigenvalue weighted by molar-refractivity contribution is 5.77. The summed E-state index contributed by atoms with van der Waals surface area (Å²) in [6.07, 6.45) is -0.611. The monoisotopic (exact) mass is 186 g/mol. The minimum Gasteiger partial charge on any atom is -0.389 e. The second kappa shape index (κ2) is 3.62. The van der Waals surface area contributed by atoms with Crippen molar-refractivity contribution >= 4 is 6.29 Å². The maximum absolute atomic E-state index is 12.7. The highest BCUT2D eigenvalue weighted by Crippen LogP contribution is 2.19. The lowest BCUT2D eigenvalue weighted by molar-refractivity contribution is 0.111. The quantitative estimate of drug-likeness (QED) is 0.715. The van der Waals surface area contributed by atoms with Crippen molar-refractivity contribution in [3.8, 4) is 0 Å². The van der Waals surface area contributed by atoms with E-state index < -0.39 is 17.7 Å². The Morgan fingerprint density at radius 1 is 1.38 bits per heavy atom. The Kier molecular flexibility index (Phi) is 2.72. The molecule has 0 amide bonds. The fourth-order valence-electron chi connectivity index (χ4n) is 1.04. The van der Waals surface area contributed by atoms with Crippen LogP contribution in [-0.4, -0.2) is 11.4 Å². The van der Waals surface area contributed by atoms with Crippen molar-refractivity contribution < 1.29 is 18.7 Å². The molecule has 1 unspecified atom stereocenters. The zero-order valence-electron chi connectivity index (χ0n) is 6.92.